The summed E-state index contributed by atoms with van der Waals surface area (Å²) in [5, 5.41) is 3.08. The monoisotopic (exact) mass is 424 g/mol. The molecule has 28 heavy (non-hydrogen) atoms. The number of nitrogens with one attached hydrogen (secondary N) is 1. The van der Waals surface area contributed by atoms with Gasteiger partial charge in [0.15, 0.2) is 0 Å². The number of aryl methyl sites for hydroxylation is 1. The summed E-state index contributed by atoms with van der Waals surface area (Å²) in [6.45, 7) is 2.00. The summed E-state index contributed by atoms with van der Waals surface area (Å²) in [5.41, 5.74) is 1.50. The van der Waals surface area contributed by atoms with E-state index in [9.17, 15) is 13.2 Å². The van der Waals surface area contributed by atoms with Crippen LogP contribution in [0, 0.1) is 0 Å². The standard InChI is InChI=1S/C20H25ClN2O4S/c1-15(20(24)22-13-7-10-16-8-5-4-6-9-16)23(28(3,25)26)17-11-12-19(27-2)18(21)14-17/h4-6,8-9,11-12,14-15H,7,10,13H2,1-3H3,(H,22,24)/t15-/m1/s1. The van der Waals surface area contributed by atoms with Crippen molar-refractivity contribution in [1.82, 2.24) is 5.32 Å². The van der Waals surface area contributed by atoms with Crippen molar-refractivity contribution in [1.29, 1.82) is 0 Å². The smallest absolute Gasteiger partial charge is 0.243 e. The second-order valence-electron chi connectivity index (χ2n) is 6.43. The summed E-state index contributed by atoms with van der Waals surface area (Å²) in [5.74, 6) is 0.0577. The van der Waals surface area contributed by atoms with Gasteiger partial charge >= 0.3 is 0 Å². The Morgan fingerprint density at radius 1 is 1.21 bits per heavy atom. The van der Waals surface area contributed by atoms with E-state index < -0.39 is 16.1 Å². The Balaban J connectivity index is 2.05. The molecule has 1 atom stereocenters. The van der Waals surface area contributed by atoms with Gasteiger partial charge in [-0.05, 0) is 43.5 Å². The van der Waals surface area contributed by atoms with Gasteiger partial charge in [0.1, 0.15) is 11.8 Å². The van der Waals surface area contributed by atoms with Gasteiger partial charge in [-0.25, -0.2) is 8.42 Å². The van der Waals surface area contributed by atoms with E-state index in [-0.39, 0.29) is 10.9 Å². The molecule has 0 heterocycles. The number of hydrogen-bond acceptors (Lipinski definition) is 4. The molecule has 1 N–H and O–H groups in total. The third-order valence-corrected chi connectivity index (χ3v) is 5.80. The Hall–Kier alpha value is -2.25. The highest BCUT2D eigenvalue weighted by molar-refractivity contribution is 7.92. The molecule has 0 radical (unpaired) electrons. The molecule has 0 aliphatic carbocycles. The lowest BCUT2D eigenvalue weighted by Crippen LogP contribution is -2.48. The molecule has 0 unspecified atom stereocenters. The highest BCUT2D eigenvalue weighted by atomic mass is 35.5. The Labute approximate surface area is 171 Å². The summed E-state index contributed by atoms with van der Waals surface area (Å²) in [7, 11) is -2.23. The summed E-state index contributed by atoms with van der Waals surface area (Å²) >= 11 is 6.12. The number of sulfonamides is 1. The highest BCUT2D eigenvalue weighted by Crippen LogP contribution is 2.31. The average molecular weight is 425 g/mol. The summed E-state index contributed by atoms with van der Waals surface area (Å²) in [4.78, 5) is 12.5. The predicted octanol–water partition coefficient (Wildman–Crippen LogP) is 3.25. The van der Waals surface area contributed by atoms with Gasteiger partial charge in [-0.3, -0.25) is 9.10 Å². The minimum absolute atomic E-state index is 0.268. The Kier molecular flexibility index (Phi) is 7.71. The van der Waals surface area contributed by atoms with Crippen LogP contribution < -0.4 is 14.4 Å². The Morgan fingerprint density at radius 3 is 2.46 bits per heavy atom. The summed E-state index contributed by atoms with van der Waals surface area (Å²) in [6.07, 6.45) is 2.65. The largest absolute Gasteiger partial charge is 0.495 e. The van der Waals surface area contributed by atoms with Crippen LogP contribution in [0.25, 0.3) is 0 Å². The van der Waals surface area contributed by atoms with Gasteiger partial charge in [0.05, 0.1) is 24.1 Å². The first-order valence-corrected chi connectivity index (χ1v) is 11.1. The van der Waals surface area contributed by atoms with Crippen LogP contribution in [0.3, 0.4) is 0 Å². The lowest BCUT2D eigenvalue weighted by atomic mass is 10.1. The lowest BCUT2D eigenvalue weighted by Gasteiger charge is -2.28. The molecule has 0 saturated heterocycles. The minimum Gasteiger partial charge on any atom is -0.495 e. The van der Waals surface area contributed by atoms with Crippen molar-refractivity contribution in [2.75, 3.05) is 24.2 Å². The molecule has 0 aliphatic heterocycles. The van der Waals surface area contributed by atoms with Crippen molar-refractivity contribution in [2.24, 2.45) is 0 Å². The van der Waals surface area contributed by atoms with E-state index in [2.05, 4.69) is 5.32 Å². The molecule has 2 rings (SSSR count). The van der Waals surface area contributed by atoms with Gasteiger partial charge in [0, 0.05) is 6.54 Å². The molecule has 152 valence electrons. The van der Waals surface area contributed by atoms with E-state index in [1.807, 2.05) is 30.3 Å². The first-order chi connectivity index (χ1) is 13.2. The molecule has 2 aromatic carbocycles. The van der Waals surface area contributed by atoms with Crippen LogP contribution in [0.15, 0.2) is 48.5 Å². The van der Waals surface area contributed by atoms with E-state index >= 15 is 0 Å². The number of ether oxygens (including phenoxy) is 1. The topological polar surface area (TPSA) is 75.7 Å². The molecule has 0 aromatic heterocycles. The Morgan fingerprint density at radius 2 is 1.89 bits per heavy atom. The van der Waals surface area contributed by atoms with Crippen LogP contribution in [-0.4, -0.2) is 40.3 Å². The van der Waals surface area contributed by atoms with E-state index in [1.165, 1.54) is 18.7 Å². The minimum atomic E-state index is -3.70. The normalized spacial score (nSPS) is 12.3. The van der Waals surface area contributed by atoms with Crippen molar-refractivity contribution < 1.29 is 17.9 Å². The van der Waals surface area contributed by atoms with E-state index in [0.717, 1.165) is 23.4 Å². The number of rotatable bonds is 9. The predicted molar refractivity (Wildman–Crippen MR) is 113 cm³/mol. The third kappa shape index (κ3) is 5.87. The van der Waals surface area contributed by atoms with Crippen LogP contribution in [0.1, 0.15) is 18.9 Å². The van der Waals surface area contributed by atoms with Gasteiger partial charge in [-0.15, -0.1) is 0 Å². The number of anilines is 1. The van der Waals surface area contributed by atoms with Crippen LogP contribution in [0.2, 0.25) is 5.02 Å². The molecule has 1 amide bonds. The van der Waals surface area contributed by atoms with Gasteiger partial charge < -0.3 is 10.1 Å². The van der Waals surface area contributed by atoms with Crippen molar-refractivity contribution >= 4 is 33.2 Å². The molecular weight excluding hydrogens is 400 g/mol. The van der Waals surface area contributed by atoms with Crippen molar-refractivity contribution in [2.45, 2.75) is 25.8 Å². The molecule has 0 aliphatic rings. The molecule has 2 aromatic rings. The number of nitrogens with zero attached hydrogens (tertiary/aromatic N) is 1. The number of methoxy groups -OCH3 is 1. The number of hydrogen-bond donors (Lipinski definition) is 1. The lowest BCUT2D eigenvalue weighted by molar-refractivity contribution is -0.121. The molecule has 0 fully saturated rings. The molecular formula is C20H25ClN2O4S. The zero-order chi connectivity index (χ0) is 20.7. The zero-order valence-electron chi connectivity index (χ0n) is 16.2. The van der Waals surface area contributed by atoms with Gasteiger partial charge in [-0.2, -0.15) is 0 Å². The van der Waals surface area contributed by atoms with Gasteiger partial charge in [0.2, 0.25) is 15.9 Å². The number of halogens is 1. The van der Waals surface area contributed by atoms with Crippen LogP contribution >= 0.6 is 11.6 Å². The fourth-order valence-corrected chi connectivity index (χ4v) is 4.32. The number of carbonyl (C=O) groups is 1. The zero-order valence-corrected chi connectivity index (χ0v) is 17.8. The maximum Gasteiger partial charge on any atom is 0.243 e. The quantitative estimate of drug-likeness (QED) is 0.627. The fraction of sp³-hybridized carbons (Fsp3) is 0.350. The molecule has 0 bridgehead atoms. The maximum absolute atomic E-state index is 12.5. The van der Waals surface area contributed by atoms with Gasteiger partial charge in [0.25, 0.3) is 0 Å². The number of carbonyl (C=O) groups excluding carboxylic acids is 1. The number of benzene rings is 2. The van der Waals surface area contributed by atoms with Crippen LogP contribution in [0.5, 0.6) is 5.75 Å². The second-order valence-corrected chi connectivity index (χ2v) is 8.70. The van der Waals surface area contributed by atoms with E-state index in [4.69, 9.17) is 16.3 Å². The summed E-state index contributed by atoms with van der Waals surface area (Å²) in [6, 6.07) is 13.6. The maximum atomic E-state index is 12.5. The number of amides is 1. The second kappa shape index (κ2) is 9.80. The fourth-order valence-electron chi connectivity index (χ4n) is 2.90. The molecule has 0 saturated carbocycles. The van der Waals surface area contributed by atoms with Crippen LogP contribution in [0.4, 0.5) is 5.69 Å². The Bertz CT molecular complexity index is 904. The summed E-state index contributed by atoms with van der Waals surface area (Å²) < 4.78 is 30.8. The van der Waals surface area contributed by atoms with Crippen molar-refractivity contribution in [3.8, 4) is 5.75 Å². The highest BCUT2D eigenvalue weighted by Gasteiger charge is 2.29. The van der Waals surface area contributed by atoms with E-state index in [1.54, 1.807) is 19.1 Å². The molecule has 8 heteroatoms. The van der Waals surface area contributed by atoms with Gasteiger partial charge in [-0.1, -0.05) is 41.9 Å². The molecule has 0 spiro atoms. The van der Waals surface area contributed by atoms with Crippen molar-refractivity contribution in [3.63, 3.8) is 0 Å². The van der Waals surface area contributed by atoms with Crippen molar-refractivity contribution in [3.05, 3.63) is 59.1 Å². The third-order valence-electron chi connectivity index (χ3n) is 4.26. The van der Waals surface area contributed by atoms with E-state index in [0.29, 0.717) is 18.0 Å². The van der Waals surface area contributed by atoms with Crippen LogP contribution in [-0.2, 0) is 21.2 Å². The SMILES string of the molecule is COc1ccc(N([C@H](C)C(=O)NCCCc2ccccc2)S(C)(=O)=O)cc1Cl. The average Bonchev–Trinajstić information content (AvgIpc) is 2.65. The first kappa shape index (κ1) is 22.0. The first-order valence-electron chi connectivity index (χ1n) is 8.88. The molecule has 6 nitrogen and oxygen atoms in total.